The summed E-state index contributed by atoms with van der Waals surface area (Å²) in [5.74, 6) is 0.185. The summed E-state index contributed by atoms with van der Waals surface area (Å²) in [5.41, 5.74) is 7.77. The average Bonchev–Trinajstić information content (AvgIpc) is 3.11. The van der Waals surface area contributed by atoms with Gasteiger partial charge in [-0.05, 0) is 63.8 Å². The van der Waals surface area contributed by atoms with Crippen LogP contribution in [0.5, 0.6) is 5.88 Å². The number of rotatable bonds is 6. The molecule has 1 N–H and O–H groups in total. The van der Waals surface area contributed by atoms with Crippen LogP contribution < -0.4 is 10.1 Å². The predicted octanol–water partition coefficient (Wildman–Crippen LogP) is 5.76. The zero-order chi connectivity index (χ0) is 23.7. The number of nitrogens with one attached hydrogen (secondary N) is 1. The molecule has 0 aliphatic carbocycles. The van der Waals surface area contributed by atoms with E-state index in [-0.39, 0.29) is 5.91 Å². The maximum Gasteiger partial charge on any atom is 0.265 e. The number of hydrogen-bond donors (Lipinski definition) is 1. The molecule has 2 aromatic heterocycles. The van der Waals surface area contributed by atoms with Crippen molar-refractivity contribution >= 4 is 22.6 Å². The number of pyridine rings is 1. The summed E-state index contributed by atoms with van der Waals surface area (Å²) >= 11 is 0. The summed E-state index contributed by atoms with van der Waals surface area (Å²) in [7, 11) is 0. The number of carbonyl (C=O) groups is 1. The first-order chi connectivity index (χ1) is 15.8. The number of nitrogens with zero attached hydrogens (tertiary/aromatic N) is 3. The van der Waals surface area contributed by atoms with Gasteiger partial charge in [0.1, 0.15) is 0 Å². The van der Waals surface area contributed by atoms with Crippen LogP contribution in [0.2, 0.25) is 0 Å². The molecule has 1 atom stereocenters. The van der Waals surface area contributed by atoms with E-state index >= 15 is 0 Å². The highest BCUT2D eigenvalue weighted by Crippen LogP contribution is 2.33. The Bertz CT molecular complexity index is 1300. The van der Waals surface area contributed by atoms with Crippen LogP contribution >= 0.6 is 0 Å². The monoisotopic (exact) mass is 442 g/mol. The minimum Gasteiger partial charge on any atom is -0.464 e. The van der Waals surface area contributed by atoms with E-state index in [1.165, 1.54) is 5.56 Å². The molecular formula is C27H30N4O2. The van der Waals surface area contributed by atoms with Crippen molar-refractivity contribution in [3.8, 4) is 17.0 Å². The SMILES string of the molecule is CCn1nc(C)c2c(-c3ccccc3)cc(O[C@@H](C)C(=O)Nc3c(C)cc(C)cc3C)nc21. The van der Waals surface area contributed by atoms with Crippen molar-refractivity contribution in [3.05, 3.63) is 70.9 Å². The lowest BCUT2D eigenvalue weighted by Gasteiger charge is -2.18. The van der Waals surface area contributed by atoms with Crippen molar-refractivity contribution < 1.29 is 9.53 Å². The van der Waals surface area contributed by atoms with Gasteiger partial charge in [-0.2, -0.15) is 10.1 Å². The second-order valence-corrected chi connectivity index (χ2v) is 8.50. The van der Waals surface area contributed by atoms with Crippen LogP contribution in [-0.4, -0.2) is 26.8 Å². The average molecular weight is 443 g/mol. The van der Waals surface area contributed by atoms with E-state index in [4.69, 9.17) is 9.72 Å². The van der Waals surface area contributed by atoms with Gasteiger partial charge in [0.05, 0.1) is 11.1 Å². The number of aryl methyl sites for hydroxylation is 5. The van der Waals surface area contributed by atoms with Crippen LogP contribution in [-0.2, 0) is 11.3 Å². The molecule has 6 heteroatoms. The lowest BCUT2D eigenvalue weighted by molar-refractivity contribution is -0.122. The fraction of sp³-hybridized carbons (Fsp3) is 0.296. The molecule has 0 fully saturated rings. The van der Waals surface area contributed by atoms with Gasteiger partial charge in [0.25, 0.3) is 5.91 Å². The summed E-state index contributed by atoms with van der Waals surface area (Å²) in [6.45, 7) is 12.5. The van der Waals surface area contributed by atoms with Gasteiger partial charge < -0.3 is 10.1 Å². The number of fused-ring (bicyclic) bond motifs is 1. The fourth-order valence-corrected chi connectivity index (χ4v) is 4.29. The number of hydrogen-bond acceptors (Lipinski definition) is 4. The Kier molecular flexibility index (Phi) is 6.18. The molecule has 1 amide bonds. The molecule has 0 unspecified atom stereocenters. The zero-order valence-corrected chi connectivity index (χ0v) is 20.1. The highest BCUT2D eigenvalue weighted by atomic mass is 16.5. The number of carbonyl (C=O) groups excluding carboxylic acids is 1. The minimum atomic E-state index is -0.724. The standard InChI is InChI=1S/C27H30N4O2/c1-7-31-26-24(19(5)30-31)22(21-11-9-8-10-12-21)15-23(28-26)33-20(6)27(32)29-25-17(3)13-16(2)14-18(25)4/h8-15,20H,7H2,1-6H3,(H,29,32)/t20-/m0/s1. The summed E-state index contributed by atoms with van der Waals surface area (Å²) in [4.78, 5) is 17.7. The van der Waals surface area contributed by atoms with Crippen LogP contribution in [0.4, 0.5) is 5.69 Å². The molecule has 33 heavy (non-hydrogen) atoms. The number of amides is 1. The van der Waals surface area contributed by atoms with Crippen LogP contribution in [0, 0.1) is 27.7 Å². The van der Waals surface area contributed by atoms with Gasteiger partial charge in [-0.3, -0.25) is 4.79 Å². The van der Waals surface area contributed by atoms with Crippen molar-refractivity contribution in [1.29, 1.82) is 0 Å². The molecule has 0 saturated heterocycles. The van der Waals surface area contributed by atoms with Crippen LogP contribution in [0.25, 0.3) is 22.2 Å². The molecule has 0 saturated carbocycles. The minimum absolute atomic E-state index is 0.214. The number of ether oxygens (including phenoxy) is 1. The van der Waals surface area contributed by atoms with Gasteiger partial charge in [0.2, 0.25) is 5.88 Å². The third kappa shape index (κ3) is 4.46. The van der Waals surface area contributed by atoms with Gasteiger partial charge in [-0.15, -0.1) is 0 Å². The highest BCUT2D eigenvalue weighted by Gasteiger charge is 2.21. The Morgan fingerprint density at radius 3 is 2.36 bits per heavy atom. The highest BCUT2D eigenvalue weighted by molar-refractivity contribution is 5.97. The van der Waals surface area contributed by atoms with Crippen LogP contribution in [0.1, 0.15) is 36.2 Å². The molecule has 2 aromatic carbocycles. The molecule has 4 rings (SSSR count). The first-order valence-electron chi connectivity index (χ1n) is 11.3. The van der Waals surface area contributed by atoms with Crippen molar-refractivity contribution in [3.63, 3.8) is 0 Å². The van der Waals surface area contributed by atoms with Crippen LogP contribution in [0.15, 0.2) is 48.5 Å². The van der Waals surface area contributed by atoms with Gasteiger partial charge in [0, 0.05) is 18.3 Å². The molecule has 4 aromatic rings. The quantitative estimate of drug-likeness (QED) is 0.412. The maximum atomic E-state index is 13.0. The largest absolute Gasteiger partial charge is 0.464 e. The van der Waals surface area contributed by atoms with E-state index in [1.54, 1.807) is 6.92 Å². The molecule has 0 spiro atoms. The van der Waals surface area contributed by atoms with Gasteiger partial charge in [-0.1, -0.05) is 48.0 Å². The van der Waals surface area contributed by atoms with Crippen molar-refractivity contribution in [2.24, 2.45) is 0 Å². The van der Waals surface area contributed by atoms with E-state index < -0.39 is 6.10 Å². The third-order valence-corrected chi connectivity index (χ3v) is 5.83. The summed E-state index contributed by atoms with van der Waals surface area (Å²) in [5, 5.41) is 8.68. The summed E-state index contributed by atoms with van der Waals surface area (Å²) < 4.78 is 7.94. The second kappa shape index (κ2) is 9.06. The van der Waals surface area contributed by atoms with E-state index in [1.807, 2.05) is 63.6 Å². The fourth-order valence-electron chi connectivity index (χ4n) is 4.29. The van der Waals surface area contributed by atoms with E-state index in [0.717, 1.165) is 44.7 Å². The van der Waals surface area contributed by atoms with Crippen molar-refractivity contribution in [2.75, 3.05) is 5.32 Å². The lowest BCUT2D eigenvalue weighted by atomic mass is 10.0. The Hall–Kier alpha value is -3.67. The molecule has 0 radical (unpaired) electrons. The molecule has 0 aliphatic heterocycles. The van der Waals surface area contributed by atoms with E-state index in [9.17, 15) is 4.79 Å². The van der Waals surface area contributed by atoms with Gasteiger partial charge in [0.15, 0.2) is 11.8 Å². The van der Waals surface area contributed by atoms with Gasteiger partial charge in [-0.25, -0.2) is 4.68 Å². The Balaban J connectivity index is 1.68. The smallest absolute Gasteiger partial charge is 0.265 e. The first-order valence-corrected chi connectivity index (χ1v) is 11.3. The number of aromatic nitrogens is 3. The molecule has 2 heterocycles. The number of benzene rings is 2. The molecule has 6 nitrogen and oxygen atoms in total. The van der Waals surface area contributed by atoms with Crippen molar-refractivity contribution in [1.82, 2.24) is 14.8 Å². The lowest BCUT2D eigenvalue weighted by Crippen LogP contribution is -2.31. The number of anilines is 1. The normalized spacial score (nSPS) is 12.1. The van der Waals surface area contributed by atoms with E-state index in [0.29, 0.717) is 12.4 Å². The van der Waals surface area contributed by atoms with E-state index in [2.05, 4.69) is 34.7 Å². The molecule has 0 aliphatic rings. The first kappa shape index (κ1) is 22.5. The maximum absolute atomic E-state index is 13.0. The molecule has 0 bridgehead atoms. The second-order valence-electron chi connectivity index (χ2n) is 8.50. The predicted molar refractivity (Wildman–Crippen MR) is 133 cm³/mol. The molecule has 170 valence electrons. The van der Waals surface area contributed by atoms with Crippen LogP contribution in [0.3, 0.4) is 0 Å². The Morgan fingerprint density at radius 1 is 1.06 bits per heavy atom. The summed E-state index contributed by atoms with van der Waals surface area (Å²) in [6, 6.07) is 16.1. The van der Waals surface area contributed by atoms with Crippen molar-refractivity contribution in [2.45, 2.75) is 54.2 Å². The third-order valence-electron chi connectivity index (χ3n) is 5.83. The zero-order valence-electron chi connectivity index (χ0n) is 20.1. The van der Waals surface area contributed by atoms with Gasteiger partial charge >= 0.3 is 0 Å². The molecular weight excluding hydrogens is 412 g/mol. The topological polar surface area (TPSA) is 69.0 Å². The Morgan fingerprint density at radius 2 is 1.73 bits per heavy atom. The Labute approximate surface area is 194 Å². The summed E-state index contributed by atoms with van der Waals surface area (Å²) in [6.07, 6.45) is -0.724.